The van der Waals surface area contributed by atoms with Gasteiger partial charge < -0.3 is 15.4 Å². The second-order valence-corrected chi connectivity index (χ2v) is 10.4. The normalized spacial score (nSPS) is 14.4. The zero-order valence-corrected chi connectivity index (χ0v) is 19.8. The van der Waals surface area contributed by atoms with Crippen LogP contribution in [-0.2, 0) is 20.4 Å². The van der Waals surface area contributed by atoms with Crippen molar-refractivity contribution in [1.82, 2.24) is 4.98 Å². The second kappa shape index (κ2) is 8.37. The summed E-state index contributed by atoms with van der Waals surface area (Å²) < 4.78 is 26.2. The van der Waals surface area contributed by atoms with E-state index in [1.807, 2.05) is 0 Å². The number of nitrogens with one attached hydrogen (secondary N) is 2. The summed E-state index contributed by atoms with van der Waals surface area (Å²) in [5.41, 5.74) is 3.00. The predicted molar refractivity (Wildman–Crippen MR) is 128 cm³/mol. The van der Waals surface area contributed by atoms with Gasteiger partial charge in [-0.15, -0.1) is 0 Å². The van der Waals surface area contributed by atoms with Crippen LogP contribution in [0.2, 0.25) is 10.0 Å². The predicted octanol–water partition coefficient (Wildman–Crippen LogP) is 5.10. The molecule has 0 aliphatic carbocycles. The first-order chi connectivity index (χ1) is 15.5. The van der Waals surface area contributed by atoms with Crippen LogP contribution in [0.3, 0.4) is 0 Å². The van der Waals surface area contributed by atoms with Gasteiger partial charge in [-0.3, -0.25) is 4.79 Å². The number of amides is 1. The molecule has 0 fully saturated rings. The van der Waals surface area contributed by atoms with Gasteiger partial charge in [-0.1, -0.05) is 35.3 Å². The lowest BCUT2D eigenvalue weighted by Crippen LogP contribution is -2.06. The SMILES string of the molecule is Cc1[nH]c(/C=C2\C(=O)Nc3ccc(S(=O)(=O)Cc4cccc(Cl)c4Cl)cc32)c(C)c1C(=O)O. The number of halogens is 2. The Hall–Kier alpha value is -3.07. The number of sulfone groups is 1. The molecule has 0 bridgehead atoms. The van der Waals surface area contributed by atoms with Crippen LogP contribution in [0.4, 0.5) is 5.69 Å². The molecule has 170 valence electrons. The summed E-state index contributed by atoms with van der Waals surface area (Å²) in [6.45, 7) is 3.27. The summed E-state index contributed by atoms with van der Waals surface area (Å²) in [6.07, 6.45) is 1.53. The van der Waals surface area contributed by atoms with Gasteiger partial charge in [0.2, 0.25) is 0 Å². The van der Waals surface area contributed by atoms with Crippen molar-refractivity contribution in [2.45, 2.75) is 24.5 Å². The molecular weight excluding hydrogens is 487 g/mol. The molecule has 7 nitrogen and oxygen atoms in total. The first kappa shape index (κ1) is 23.1. The highest BCUT2D eigenvalue weighted by Crippen LogP contribution is 2.36. The molecule has 33 heavy (non-hydrogen) atoms. The van der Waals surface area contributed by atoms with Crippen LogP contribution in [0.25, 0.3) is 11.6 Å². The van der Waals surface area contributed by atoms with Crippen LogP contribution < -0.4 is 5.32 Å². The lowest BCUT2D eigenvalue weighted by atomic mass is 10.0. The maximum atomic E-state index is 13.1. The number of fused-ring (bicyclic) bond motifs is 1. The van der Waals surface area contributed by atoms with Crippen LogP contribution >= 0.6 is 23.2 Å². The Balaban J connectivity index is 1.76. The van der Waals surface area contributed by atoms with Crippen molar-refractivity contribution in [2.75, 3.05) is 5.32 Å². The molecule has 2 heterocycles. The Bertz CT molecular complexity index is 1470. The topological polar surface area (TPSA) is 116 Å². The highest BCUT2D eigenvalue weighted by molar-refractivity contribution is 7.90. The first-order valence-corrected chi connectivity index (χ1v) is 12.2. The fourth-order valence-corrected chi connectivity index (χ4v) is 5.69. The van der Waals surface area contributed by atoms with Gasteiger partial charge in [0, 0.05) is 22.6 Å². The fraction of sp³-hybridized carbons (Fsp3) is 0.130. The third kappa shape index (κ3) is 4.17. The number of hydrogen-bond donors (Lipinski definition) is 3. The van der Waals surface area contributed by atoms with E-state index in [0.717, 1.165) is 0 Å². The molecule has 0 saturated heterocycles. The van der Waals surface area contributed by atoms with E-state index in [1.165, 1.54) is 24.3 Å². The van der Waals surface area contributed by atoms with E-state index in [1.54, 1.807) is 32.0 Å². The van der Waals surface area contributed by atoms with Crippen LogP contribution in [0.5, 0.6) is 0 Å². The van der Waals surface area contributed by atoms with Crippen molar-refractivity contribution >= 4 is 62.3 Å². The van der Waals surface area contributed by atoms with Crippen LogP contribution in [0.1, 0.15) is 38.4 Å². The minimum atomic E-state index is -3.80. The van der Waals surface area contributed by atoms with Crippen molar-refractivity contribution in [1.29, 1.82) is 0 Å². The second-order valence-electron chi connectivity index (χ2n) is 7.66. The average molecular weight is 505 g/mol. The Morgan fingerprint density at radius 1 is 1.15 bits per heavy atom. The van der Waals surface area contributed by atoms with Gasteiger partial charge in [0.05, 0.1) is 31.8 Å². The number of anilines is 1. The fourth-order valence-electron chi connectivity index (χ4n) is 3.84. The van der Waals surface area contributed by atoms with Gasteiger partial charge in [0.15, 0.2) is 9.84 Å². The molecule has 2 aromatic carbocycles. The molecule has 3 N–H and O–H groups in total. The van der Waals surface area contributed by atoms with Gasteiger partial charge >= 0.3 is 5.97 Å². The minimum absolute atomic E-state index is 0.0188. The van der Waals surface area contributed by atoms with Crippen LogP contribution in [0.15, 0.2) is 41.3 Å². The molecule has 0 spiro atoms. The molecule has 1 aromatic heterocycles. The number of benzene rings is 2. The Kier molecular flexibility index (Phi) is 5.86. The number of carbonyl (C=O) groups is 2. The summed E-state index contributed by atoms with van der Waals surface area (Å²) in [6, 6.07) is 9.15. The van der Waals surface area contributed by atoms with E-state index in [4.69, 9.17) is 23.2 Å². The maximum absolute atomic E-state index is 13.1. The maximum Gasteiger partial charge on any atom is 0.337 e. The zero-order valence-electron chi connectivity index (χ0n) is 17.5. The Morgan fingerprint density at radius 3 is 2.55 bits per heavy atom. The van der Waals surface area contributed by atoms with Crippen LogP contribution in [0, 0.1) is 13.8 Å². The minimum Gasteiger partial charge on any atom is -0.478 e. The number of H-pyrrole nitrogens is 1. The molecule has 3 aromatic rings. The highest BCUT2D eigenvalue weighted by Gasteiger charge is 2.28. The molecule has 1 aliphatic rings. The summed E-state index contributed by atoms with van der Waals surface area (Å²) in [5, 5.41) is 12.5. The number of aromatic carboxylic acids is 1. The number of aryl methyl sites for hydroxylation is 1. The van der Waals surface area contributed by atoms with Crippen molar-refractivity contribution in [3.63, 3.8) is 0 Å². The van der Waals surface area contributed by atoms with Gasteiger partial charge in [0.1, 0.15) is 0 Å². The molecule has 10 heteroatoms. The molecule has 0 atom stereocenters. The number of carbonyl (C=O) groups excluding carboxylic acids is 1. The number of aromatic amines is 1. The summed E-state index contributed by atoms with van der Waals surface area (Å²) >= 11 is 12.2. The molecule has 0 unspecified atom stereocenters. The smallest absolute Gasteiger partial charge is 0.337 e. The quantitative estimate of drug-likeness (QED) is 0.417. The van der Waals surface area contributed by atoms with Crippen LogP contribution in [-0.4, -0.2) is 30.4 Å². The van der Waals surface area contributed by atoms with Gasteiger partial charge in [-0.25, -0.2) is 13.2 Å². The van der Waals surface area contributed by atoms with E-state index < -0.39 is 21.7 Å². The highest BCUT2D eigenvalue weighted by atomic mass is 35.5. The Labute approximate surface area is 200 Å². The van der Waals surface area contributed by atoms with Crippen molar-refractivity contribution < 1.29 is 23.1 Å². The standard InChI is InChI=1S/C23H18Cl2N2O5S/c1-11-19(26-12(2)20(11)23(29)30)9-16-15-8-14(6-7-18(15)27-22(16)28)33(31,32)10-13-4-3-5-17(24)21(13)25/h3-9,26H,10H2,1-2H3,(H,27,28)(H,29,30)/b16-9-. The molecular formula is C23H18Cl2N2O5S. The largest absolute Gasteiger partial charge is 0.478 e. The van der Waals surface area contributed by atoms with Gasteiger partial charge in [-0.05, 0) is 55.3 Å². The monoisotopic (exact) mass is 504 g/mol. The molecule has 1 amide bonds. The lowest BCUT2D eigenvalue weighted by Gasteiger charge is -2.09. The van der Waals surface area contributed by atoms with Crippen molar-refractivity contribution in [3.05, 3.63) is 80.1 Å². The van der Waals surface area contributed by atoms with E-state index >= 15 is 0 Å². The summed E-state index contributed by atoms with van der Waals surface area (Å²) in [4.78, 5) is 27.1. The number of carboxylic acid groups (broad SMARTS) is 1. The summed E-state index contributed by atoms with van der Waals surface area (Å²) in [5.74, 6) is -1.85. The van der Waals surface area contributed by atoms with E-state index in [9.17, 15) is 23.1 Å². The Morgan fingerprint density at radius 2 is 1.88 bits per heavy atom. The third-order valence-electron chi connectivity index (χ3n) is 5.49. The van der Waals surface area contributed by atoms with Crippen molar-refractivity contribution in [2.24, 2.45) is 0 Å². The van der Waals surface area contributed by atoms with Crippen molar-refractivity contribution in [3.8, 4) is 0 Å². The van der Waals surface area contributed by atoms with E-state index in [-0.39, 0.29) is 31.8 Å². The number of hydrogen-bond acceptors (Lipinski definition) is 4. The van der Waals surface area contributed by atoms with E-state index in [0.29, 0.717) is 33.8 Å². The molecule has 0 radical (unpaired) electrons. The van der Waals surface area contributed by atoms with E-state index in [2.05, 4.69) is 10.3 Å². The number of rotatable bonds is 5. The molecule has 1 aliphatic heterocycles. The van der Waals surface area contributed by atoms with Gasteiger partial charge in [0.25, 0.3) is 5.91 Å². The summed E-state index contributed by atoms with van der Waals surface area (Å²) in [7, 11) is -3.80. The molecule has 4 rings (SSSR count). The molecule has 0 saturated carbocycles. The number of carboxylic acids is 1. The average Bonchev–Trinajstić information content (AvgIpc) is 3.20. The number of aromatic nitrogens is 1. The third-order valence-corrected chi connectivity index (χ3v) is 8.01. The van der Waals surface area contributed by atoms with Gasteiger partial charge in [-0.2, -0.15) is 0 Å². The zero-order chi connectivity index (χ0) is 24.1. The first-order valence-electron chi connectivity index (χ1n) is 9.75. The lowest BCUT2D eigenvalue weighted by molar-refractivity contribution is -0.110.